The van der Waals surface area contributed by atoms with Gasteiger partial charge in [0.2, 0.25) is 0 Å². The molecular weight excluding hydrogens is 721 g/mol. The van der Waals surface area contributed by atoms with Crippen LogP contribution in [0, 0.1) is 17.8 Å². The van der Waals surface area contributed by atoms with E-state index >= 15 is 0 Å². The molecule has 0 fully saturated rings. The Morgan fingerprint density at radius 1 is 0.328 bits per heavy atom. The third kappa shape index (κ3) is 41.2. The molecule has 0 aliphatic rings. The maximum absolute atomic E-state index is 12.7. The molecule has 0 aromatic carbocycles. The molecule has 0 saturated carbocycles. The molecule has 0 rings (SSSR count). The monoisotopic (exact) mass is 821 g/mol. The molecule has 6 nitrogen and oxygen atoms in total. The van der Waals surface area contributed by atoms with Gasteiger partial charge in [0, 0.05) is 19.3 Å². The smallest absolute Gasteiger partial charge is 0.306 e. The van der Waals surface area contributed by atoms with Crippen molar-refractivity contribution in [1.29, 1.82) is 0 Å². The molecule has 0 aliphatic heterocycles. The van der Waals surface area contributed by atoms with Gasteiger partial charge in [-0.25, -0.2) is 0 Å². The van der Waals surface area contributed by atoms with Crippen LogP contribution >= 0.6 is 0 Å². The van der Waals surface area contributed by atoms with E-state index in [0.717, 1.165) is 75.5 Å². The molecule has 58 heavy (non-hydrogen) atoms. The summed E-state index contributed by atoms with van der Waals surface area (Å²) < 4.78 is 16.8. The summed E-state index contributed by atoms with van der Waals surface area (Å²) in [5.41, 5.74) is 0. The van der Waals surface area contributed by atoms with Crippen molar-refractivity contribution in [3.8, 4) is 0 Å². The van der Waals surface area contributed by atoms with Crippen LogP contribution in [0.3, 0.4) is 0 Å². The van der Waals surface area contributed by atoms with Gasteiger partial charge in [-0.1, -0.05) is 241 Å². The Balaban J connectivity index is 4.27. The lowest BCUT2D eigenvalue weighted by Crippen LogP contribution is -2.30. The molecule has 4 atom stereocenters. The van der Waals surface area contributed by atoms with E-state index in [-0.39, 0.29) is 31.1 Å². The average Bonchev–Trinajstić information content (AvgIpc) is 3.22. The molecule has 0 heterocycles. The van der Waals surface area contributed by atoms with Gasteiger partial charge < -0.3 is 14.2 Å². The summed E-state index contributed by atoms with van der Waals surface area (Å²) >= 11 is 0. The van der Waals surface area contributed by atoms with E-state index in [1.807, 2.05) is 0 Å². The molecule has 0 N–H and O–H groups in total. The largest absolute Gasteiger partial charge is 0.462 e. The minimum Gasteiger partial charge on any atom is -0.462 e. The SMILES string of the molecule is CCC(C)CCCCCCCCCCCCCCCCC(=O)OC[C@H](COC(=O)CCCCCCCCCCC(C)CC)OC(=O)CCCCCCCCC(C)CC. The van der Waals surface area contributed by atoms with E-state index in [4.69, 9.17) is 14.2 Å². The summed E-state index contributed by atoms with van der Waals surface area (Å²) in [5.74, 6) is 1.69. The summed E-state index contributed by atoms with van der Waals surface area (Å²) in [6.45, 7) is 13.7. The second kappa shape index (κ2) is 43.5. The lowest BCUT2D eigenvalue weighted by Gasteiger charge is -2.18. The third-order valence-electron chi connectivity index (χ3n) is 12.7. The predicted molar refractivity (Wildman–Crippen MR) is 247 cm³/mol. The predicted octanol–water partition coefficient (Wildman–Crippen LogP) is 16.4. The van der Waals surface area contributed by atoms with Crippen LogP contribution in [0.25, 0.3) is 0 Å². The van der Waals surface area contributed by atoms with Gasteiger partial charge in [-0.2, -0.15) is 0 Å². The maximum atomic E-state index is 12.7. The fourth-order valence-corrected chi connectivity index (χ4v) is 7.66. The first kappa shape index (κ1) is 56.4. The number of ether oxygens (including phenoxy) is 3. The minimum absolute atomic E-state index is 0.0658. The Morgan fingerprint density at radius 3 is 0.810 bits per heavy atom. The van der Waals surface area contributed by atoms with Crippen molar-refractivity contribution in [3.05, 3.63) is 0 Å². The Hall–Kier alpha value is -1.59. The topological polar surface area (TPSA) is 78.9 Å². The van der Waals surface area contributed by atoms with E-state index in [0.29, 0.717) is 19.3 Å². The molecule has 0 aromatic rings. The van der Waals surface area contributed by atoms with Crippen molar-refractivity contribution in [2.45, 2.75) is 285 Å². The van der Waals surface area contributed by atoms with Gasteiger partial charge in [-0.3, -0.25) is 14.4 Å². The molecule has 344 valence electrons. The summed E-state index contributed by atoms with van der Waals surface area (Å²) in [4.78, 5) is 37.9. The van der Waals surface area contributed by atoms with Crippen LogP contribution in [0.5, 0.6) is 0 Å². The van der Waals surface area contributed by atoms with E-state index in [9.17, 15) is 14.4 Å². The summed E-state index contributed by atoms with van der Waals surface area (Å²) in [7, 11) is 0. The summed E-state index contributed by atoms with van der Waals surface area (Å²) in [6, 6.07) is 0. The van der Waals surface area contributed by atoms with Gasteiger partial charge in [-0.05, 0) is 37.0 Å². The molecule has 0 aromatic heterocycles. The van der Waals surface area contributed by atoms with Gasteiger partial charge in [0.05, 0.1) is 0 Å². The number of carbonyl (C=O) groups is 3. The van der Waals surface area contributed by atoms with Gasteiger partial charge in [0.1, 0.15) is 13.2 Å². The average molecular weight is 821 g/mol. The standard InChI is InChI=1S/C52H100O6/c1-7-46(4)38-32-26-20-16-14-12-10-11-13-15-17-22-29-35-41-50(53)56-44-49(58-52(55)43-37-31-25-24-28-34-40-48(6)9-3)45-57-51(54)42-36-30-23-19-18-21-27-33-39-47(5)8-2/h46-49H,7-45H2,1-6H3/t46?,47?,48?,49-/m1/s1. The van der Waals surface area contributed by atoms with Crippen molar-refractivity contribution in [3.63, 3.8) is 0 Å². The van der Waals surface area contributed by atoms with E-state index in [1.54, 1.807) is 0 Å². The van der Waals surface area contributed by atoms with E-state index < -0.39 is 6.10 Å². The molecule has 0 spiro atoms. The van der Waals surface area contributed by atoms with Crippen molar-refractivity contribution in [2.24, 2.45) is 17.8 Å². The van der Waals surface area contributed by atoms with Crippen LogP contribution in [0.2, 0.25) is 0 Å². The third-order valence-corrected chi connectivity index (χ3v) is 12.7. The molecule has 3 unspecified atom stereocenters. The summed E-state index contributed by atoms with van der Waals surface area (Å²) in [6.07, 6.45) is 42.2. The van der Waals surface area contributed by atoms with Crippen LogP contribution < -0.4 is 0 Å². The molecular formula is C52H100O6. The first-order valence-corrected chi connectivity index (χ1v) is 25.7. The maximum Gasteiger partial charge on any atom is 0.306 e. The number of unbranched alkanes of at least 4 members (excludes halogenated alkanes) is 25. The van der Waals surface area contributed by atoms with Crippen LogP contribution in [-0.2, 0) is 28.6 Å². The normalized spacial score (nSPS) is 13.6. The molecule has 0 radical (unpaired) electrons. The van der Waals surface area contributed by atoms with Crippen LogP contribution in [0.1, 0.15) is 279 Å². The van der Waals surface area contributed by atoms with Gasteiger partial charge in [-0.15, -0.1) is 0 Å². The van der Waals surface area contributed by atoms with Crippen LogP contribution in [-0.4, -0.2) is 37.2 Å². The number of hydrogen-bond donors (Lipinski definition) is 0. The fraction of sp³-hybridized carbons (Fsp3) is 0.942. The number of esters is 3. The van der Waals surface area contributed by atoms with Crippen molar-refractivity contribution < 1.29 is 28.6 Å². The highest BCUT2D eigenvalue weighted by atomic mass is 16.6. The molecule has 0 aliphatic carbocycles. The second-order valence-electron chi connectivity index (χ2n) is 18.5. The number of hydrogen-bond acceptors (Lipinski definition) is 6. The molecule has 6 heteroatoms. The Morgan fingerprint density at radius 2 is 0.552 bits per heavy atom. The highest BCUT2D eigenvalue weighted by molar-refractivity contribution is 5.71. The molecule has 0 saturated heterocycles. The molecule has 0 amide bonds. The highest BCUT2D eigenvalue weighted by Crippen LogP contribution is 2.19. The Kier molecular flexibility index (Phi) is 42.3. The first-order valence-electron chi connectivity index (χ1n) is 25.7. The Bertz CT molecular complexity index is 904. The van der Waals surface area contributed by atoms with Gasteiger partial charge in [0.25, 0.3) is 0 Å². The number of carbonyl (C=O) groups excluding carboxylic acids is 3. The lowest BCUT2D eigenvalue weighted by atomic mass is 9.99. The number of rotatable bonds is 45. The van der Waals surface area contributed by atoms with E-state index in [1.165, 1.54) is 161 Å². The van der Waals surface area contributed by atoms with Crippen molar-refractivity contribution in [2.75, 3.05) is 13.2 Å². The van der Waals surface area contributed by atoms with Crippen molar-refractivity contribution in [1.82, 2.24) is 0 Å². The quantitative estimate of drug-likeness (QED) is 0.0346. The first-order chi connectivity index (χ1) is 28.2. The zero-order chi connectivity index (χ0) is 42.7. The van der Waals surface area contributed by atoms with Crippen LogP contribution in [0.15, 0.2) is 0 Å². The zero-order valence-electron chi connectivity index (χ0n) is 39.8. The Labute approximate surface area is 361 Å². The van der Waals surface area contributed by atoms with Crippen molar-refractivity contribution >= 4 is 17.9 Å². The van der Waals surface area contributed by atoms with Gasteiger partial charge >= 0.3 is 17.9 Å². The zero-order valence-corrected chi connectivity index (χ0v) is 39.8. The summed E-state index contributed by atoms with van der Waals surface area (Å²) in [5, 5.41) is 0. The lowest BCUT2D eigenvalue weighted by molar-refractivity contribution is -0.167. The highest BCUT2D eigenvalue weighted by Gasteiger charge is 2.19. The minimum atomic E-state index is -0.763. The molecule has 0 bridgehead atoms. The second-order valence-corrected chi connectivity index (χ2v) is 18.5. The van der Waals surface area contributed by atoms with Gasteiger partial charge in [0.15, 0.2) is 6.10 Å². The van der Waals surface area contributed by atoms with E-state index in [2.05, 4.69) is 41.5 Å². The fourth-order valence-electron chi connectivity index (χ4n) is 7.66. The van der Waals surface area contributed by atoms with Crippen LogP contribution in [0.4, 0.5) is 0 Å².